The summed E-state index contributed by atoms with van der Waals surface area (Å²) < 4.78 is 7.24. The highest BCUT2D eigenvalue weighted by Gasteiger charge is 2.13. The maximum absolute atomic E-state index is 12.3. The SMILES string of the molecule is CC(C)NC(=O)Nc1cccc(C(=O)O[C@H](C)CCn2cccn2)c1. The van der Waals surface area contributed by atoms with Gasteiger partial charge in [-0.2, -0.15) is 5.10 Å². The highest BCUT2D eigenvalue weighted by molar-refractivity contribution is 5.94. The second-order valence-electron chi connectivity index (χ2n) is 6.11. The van der Waals surface area contributed by atoms with E-state index in [1.165, 1.54) is 0 Å². The van der Waals surface area contributed by atoms with Crippen LogP contribution in [0.2, 0.25) is 0 Å². The Morgan fingerprint density at radius 2 is 2.04 bits per heavy atom. The number of ether oxygens (including phenoxy) is 1. The molecule has 1 atom stereocenters. The van der Waals surface area contributed by atoms with Crippen LogP contribution in [0.5, 0.6) is 0 Å². The molecular weight excluding hydrogens is 320 g/mol. The van der Waals surface area contributed by atoms with Crippen LogP contribution in [-0.4, -0.2) is 33.9 Å². The molecule has 2 aromatic rings. The first kappa shape index (κ1) is 18.5. The molecule has 0 saturated heterocycles. The minimum atomic E-state index is -0.416. The molecule has 1 heterocycles. The first-order valence-electron chi connectivity index (χ1n) is 8.30. The van der Waals surface area contributed by atoms with Gasteiger partial charge in [-0.05, 0) is 45.0 Å². The van der Waals surface area contributed by atoms with Gasteiger partial charge in [0.15, 0.2) is 0 Å². The molecule has 0 bridgehead atoms. The third-order valence-corrected chi connectivity index (χ3v) is 3.41. The number of aromatic nitrogens is 2. The lowest BCUT2D eigenvalue weighted by atomic mass is 10.2. The third-order valence-electron chi connectivity index (χ3n) is 3.41. The van der Waals surface area contributed by atoms with Gasteiger partial charge < -0.3 is 15.4 Å². The largest absolute Gasteiger partial charge is 0.459 e. The van der Waals surface area contributed by atoms with E-state index in [2.05, 4.69) is 15.7 Å². The van der Waals surface area contributed by atoms with Crippen LogP contribution in [0.25, 0.3) is 0 Å². The van der Waals surface area contributed by atoms with E-state index < -0.39 is 5.97 Å². The van der Waals surface area contributed by atoms with Gasteiger partial charge in [-0.3, -0.25) is 4.68 Å². The number of rotatable bonds is 7. The van der Waals surface area contributed by atoms with Gasteiger partial charge in [0.1, 0.15) is 6.10 Å². The zero-order valence-electron chi connectivity index (χ0n) is 14.7. The molecule has 0 fully saturated rings. The minimum absolute atomic E-state index is 0.0313. The Morgan fingerprint density at radius 3 is 2.72 bits per heavy atom. The fourth-order valence-electron chi connectivity index (χ4n) is 2.21. The second-order valence-corrected chi connectivity index (χ2v) is 6.11. The molecule has 2 rings (SSSR count). The molecule has 7 nitrogen and oxygen atoms in total. The van der Waals surface area contributed by atoms with Gasteiger partial charge in [0.05, 0.1) is 5.56 Å². The molecule has 7 heteroatoms. The third kappa shape index (κ3) is 6.29. The van der Waals surface area contributed by atoms with Crippen molar-refractivity contribution in [3.05, 3.63) is 48.3 Å². The van der Waals surface area contributed by atoms with E-state index >= 15 is 0 Å². The maximum atomic E-state index is 12.3. The van der Waals surface area contributed by atoms with E-state index in [0.29, 0.717) is 24.2 Å². The van der Waals surface area contributed by atoms with Gasteiger partial charge in [0.25, 0.3) is 0 Å². The first-order valence-corrected chi connectivity index (χ1v) is 8.30. The number of hydrogen-bond donors (Lipinski definition) is 2. The van der Waals surface area contributed by atoms with Crippen LogP contribution < -0.4 is 10.6 Å². The van der Waals surface area contributed by atoms with Crippen LogP contribution in [0.3, 0.4) is 0 Å². The van der Waals surface area contributed by atoms with Crippen molar-refractivity contribution in [2.75, 3.05) is 5.32 Å². The average molecular weight is 344 g/mol. The van der Waals surface area contributed by atoms with Crippen molar-refractivity contribution < 1.29 is 14.3 Å². The van der Waals surface area contributed by atoms with E-state index in [4.69, 9.17) is 4.74 Å². The number of nitrogens with zero attached hydrogens (tertiary/aromatic N) is 2. The number of nitrogens with one attached hydrogen (secondary N) is 2. The van der Waals surface area contributed by atoms with Gasteiger partial charge in [-0.1, -0.05) is 6.07 Å². The number of carbonyl (C=O) groups excluding carboxylic acids is 2. The zero-order chi connectivity index (χ0) is 18.2. The molecule has 0 radical (unpaired) electrons. The quantitative estimate of drug-likeness (QED) is 0.756. The number of esters is 1. The number of benzene rings is 1. The Bertz CT molecular complexity index is 698. The number of anilines is 1. The van der Waals surface area contributed by atoms with Crippen molar-refractivity contribution in [2.45, 2.75) is 45.9 Å². The van der Waals surface area contributed by atoms with Crippen molar-refractivity contribution in [1.29, 1.82) is 0 Å². The van der Waals surface area contributed by atoms with Gasteiger partial charge in [-0.25, -0.2) is 9.59 Å². The molecule has 2 N–H and O–H groups in total. The smallest absolute Gasteiger partial charge is 0.338 e. The fourth-order valence-corrected chi connectivity index (χ4v) is 2.21. The van der Waals surface area contributed by atoms with Crippen molar-refractivity contribution in [3.63, 3.8) is 0 Å². The molecule has 0 aliphatic heterocycles. The Balaban J connectivity index is 1.88. The standard InChI is InChI=1S/C18H24N4O3/c1-13(2)20-18(24)21-16-7-4-6-15(12-16)17(23)25-14(3)8-11-22-10-5-9-19-22/h4-7,9-10,12-14H,8,11H2,1-3H3,(H2,20,21,24)/t14-/m1/s1. The molecule has 2 amide bonds. The van der Waals surface area contributed by atoms with Crippen LogP contribution in [0.4, 0.5) is 10.5 Å². The summed E-state index contributed by atoms with van der Waals surface area (Å²) in [6, 6.07) is 8.26. The number of amides is 2. The molecule has 1 aromatic heterocycles. The Labute approximate surface area is 147 Å². The molecule has 134 valence electrons. The second kappa shape index (κ2) is 8.86. The zero-order valence-corrected chi connectivity index (χ0v) is 14.7. The molecule has 0 aliphatic rings. The summed E-state index contributed by atoms with van der Waals surface area (Å²) in [5, 5.41) is 9.54. The van der Waals surface area contributed by atoms with Crippen LogP contribution in [0.15, 0.2) is 42.7 Å². The Hall–Kier alpha value is -2.83. The van der Waals surface area contributed by atoms with E-state index in [0.717, 1.165) is 0 Å². The van der Waals surface area contributed by atoms with Crippen molar-refractivity contribution in [2.24, 2.45) is 0 Å². The summed E-state index contributed by atoms with van der Waals surface area (Å²) in [5.41, 5.74) is 0.935. The lowest BCUT2D eigenvalue weighted by Crippen LogP contribution is -2.34. The highest BCUT2D eigenvalue weighted by Crippen LogP contribution is 2.13. The lowest BCUT2D eigenvalue weighted by Gasteiger charge is -2.14. The Morgan fingerprint density at radius 1 is 1.24 bits per heavy atom. The number of urea groups is 1. The predicted molar refractivity (Wildman–Crippen MR) is 95.5 cm³/mol. The van der Waals surface area contributed by atoms with Gasteiger partial charge in [0.2, 0.25) is 0 Å². The van der Waals surface area contributed by atoms with Crippen molar-refractivity contribution >= 4 is 17.7 Å². The van der Waals surface area contributed by atoms with E-state index in [-0.39, 0.29) is 18.2 Å². The molecule has 25 heavy (non-hydrogen) atoms. The topological polar surface area (TPSA) is 85.3 Å². The summed E-state index contributed by atoms with van der Waals surface area (Å²) in [6.07, 6.45) is 4.01. The summed E-state index contributed by atoms with van der Waals surface area (Å²) in [7, 11) is 0. The van der Waals surface area contributed by atoms with Crippen LogP contribution >= 0.6 is 0 Å². The molecular formula is C18H24N4O3. The van der Waals surface area contributed by atoms with Crippen molar-refractivity contribution in [1.82, 2.24) is 15.1 Å². The number of aryl methyl sites for hydroxylation is 1. The van der Waals surface area contributed by atoms with Crippen LogP contribution in [0, 0.1) is 0 Å². The maximum Gasteiger partial charge on any atom is 0.338 e. The van der Waals surface area contributed by atoms with Crippen LogP contribution in [-0.2, 0) is 11.3 Å². The summed E-state index contributed by atoms with van der Waals surface area (Å²) in [4.78, 5) is 24.0. The van der Waals surface area contributed by atoms with E-state index in [1.54, 1.807) is 35.1 Å². The monoisotopic (exact) mass is 344 g/mol. The summed E-state index contributed by atoms with van der Waals surface area (Å²) in [5.74, 6) is -0.416. The molecule has 0 unspecified atom stereocenters. The molecule has 0 spiro atoms. The normalized spacial score (nSPS) is 11.8. The highest BCUT2D eigenvalue weighted by atomic mass is 16.5. The van der Waals surface area contributed by atoms with Gasteiger partial charge >= 0.3 is 12.0 Å². The molecule has 1 aromatic carbocycles. The van der Waals surface area contributed by atoms with Crippen molar-refractivity contribution in [3.8, 4) is 0 Å². The molecule has 0 saturated carbocycles. The summed E-state index contributed by atoms with van der Waals surface area (Å²) in [6.45, 7) is 6.27. The average Bonchev–Trinajstić information content (AvgIpc) is 3.05. The van der Waals surface area contributed by atoms with Gasteiger partial charge in [-0.15, -0.1) is 0 Å². The van der Waals surface area contributed by atoms with E-state index in [1.807, 2.05) is 33.0 Å². The number of hydrogen-bond acceptors (Lipinski definition) is 4. The Kier molecular flexibility index (Phi) is 6.56. The predicted octanol–water partition coefficient (Wildman–Crippen LogP) is 3.05. The van der Waals surface area contributed by atoms with Gasteiger partial charge in [0, 0.05) is 37.1 Å². The number of carbonyl (C=O) groups is 2. The first-order chi connectivity index (χ1) is 11.9. The molecule has 0 aliphatic carbocycles. The lowest BCUT2D eigenvalue weighted by molar-refractivity contribution is 0.0314. The van der Waals surface area contributed by atoms with E-state index in [9.17, 15) is 9.59 Å². The van der Waals surface area contributed by atoms with Crippen LogP contribution in [0.1, 0.15) is 37.6 Å². The fraction of sp³-hybridized carbons (Fsp3) is 0.389. The summed E-state index contributed by atoms with van der Waals surface area (Å²) >= 11 is 0. The minimum Gasteiger partial charge on any atom is -0.459 e.